The zero-order valence-corrected chi connectivity index (χ0v) is 39.3. The molecule has 2 saturated heterocycles. The maximum absolute atomic E-state index is 13.0. The predicted molar refractivity (Wildman–Crippen MR) is 243 cm³/mol. The predicted octanol–water partition coefficient (Wildman–Crippen LogP) is 6.38. The molecule has 0 aromatic rings. The van der Waals surface area contributed by atoms with Crippen LogP contribution in [-0.4, -0.2) is 142 Å². The molecule has 0 bridgehead atoms. The summed E-state index contributed by atoms with van der Waals surface area (Å²) in [5.41, 5.74) is 0. The van der Waals surface area contributed by atoms with Gasteiger partial charge in [0.2, 0.25) is 0 Å². The fourth-order valence-corrected chi connectivity index (χ4v) is 7.78. The van der Waals surface area contributed by atoms with E-state index in [0.717, 1.165) is 64.2 Å². The van der Waals surface area contributed by atoms with Crippen LogP contribution in [0.2, 0.25) is 0 Å². The second-order valence-corrected chi connectivity index (χ2v) is 17.6. The smallest absolute Gasteiger partial charge is 0.306 e. The zero-order valence-electron chi connectivity index (χ0n) is 39.3. The molecule has 0 spiro atoms. The second kappa shape index (κ2) is 37.0. The number of aliphatic hydroxyl groups is 7. The van der Waals surface area contributed by atoms with Gasteiger partial charge in [0, 0.05) is 12.8 Å². The normalized spacial score (nSPS) is 26.8. The summed E-state index contributed by atoms with van der Waals surface area (Å²) in [6.45, 7) is 2.55. The Morgan fingerprint density at radius 1 is 0.500 bits per heavy atom. The van der Waals surface area contributed by atoms with Crippen molar-refractivity contribution in [2.45, 2.75) is 248 Å². The summed E-state index contributed by atoms with van der Waals surface area (Å²) >= 11 is 0. The van der Waals surface area contributed by atoms with Crippen LogP contribution in [0.3, 0.4) is 0 Å². The van der Waals surface area contributed by atoms with Crippen molar-refractivity contribution < 1.29 is 73.8 Å². The van der Waals surface area contributed by atoms with Crippen molar-refractivity contribution in [1.29, 1.82) is 0 Å². The monoisotopic (exact) mass is 917 g/mol. The van der Waals surface area contributed by atoms with E-state index in [4.69, 9.17) is 28.4 Å². The van der Waals surface area contributed by atoms with Gasteiger partial charge in [-0.1, -0.05) is 147 Å². The van der Waals surface area contributed by atoms with E-state index in [9.17, 15) is 45.3 Å². The van der Waals surface area contributed by atoms with E-state index in [1.807, 2.05) is 0 Å². The molecule has 64 heavy (non-hydrogen) atoms. The van der Waals surface area contributed by atoms with Gasteiger partial charge in [-0.2, -0.15) is 0 Å². The number of hydrogen-bond donors (Lipinski definition) is 7. The summed E-state index contributed by atoms with van der Waals surface area (Å²) in [5, 5.41) is 72.0. The topological polar surface area (TPSA) is 231 Å². The van der Waals surface area contributed by atoms with Gasteiger partial charge in [0.15, 0.2) is 18.7 Å². The Morgan fingerprint density at radius 2 is 0.938 bits per heavy atom. The summed E-state index contributed by atoms with van der Waals surface area (Å²) < 4.78 is 33.5. The molecule has 0 unspecified atom stereocenters. The first-order valence-electron chi connectivity index (χ1n) is 24.9. The van der Waals surface area contributed by atoms with Gasteiger partial charge < -0.3 is 64.2 Å². The fraction of sp³-hybridized carbons (Fsp3) is 0.878. The maximum atomic E-state index is 13.0. The number of unbranched alkanes of at least 4 members (excludes halogenated alkanes) is 20. The number of carbonyl (C=O) groups is 2. The van der Waals surface area contributed by atoms with Crippen molar-refractivity contribution in [3.63, 3.8) is 0 Å². The Morgan fingerprint density at radius 3 is 1.48 bits per heavy atom. The highest BCUT2D eigenvalue weighted by atomic mass is 16.7. The molecule has 0 aromatic carbocycles. The van der Waals surface area contributed by atoms with E-state index in [1.54, 1.807) is 0 Å². The van der Waals surface area contributed by atoms with E-state index in [2.05, 4.69) is 38.2 Å². The molecule has 0 saturated carbocycles. The molecule has 0 radical (unpaired) electrons. The van der Waals surface area contributed by atoms with Gasteiger partial charge in [-0.3, -0.25) is 9.59 Å². The lowest BCUT2D eigenvalue weighted by atomic mass is 9.98. The first kappa shape index (κ1) is 58.1. The third kappa shape index (κ3) is 25.2. The van der Waals surface area contributed by atoms with Crippen LogP contribution in [-0.2, 0) is 38.0 Å². The minimum atomic E-state index is -1.76. The van der Waals surface area contributed by atoms with E-state index in [1.165, 1.54) is 77.0 Å². The molecule has 11 atom stereocenters. The molecule has 2 fully saturated rings. The lowest BCUT2D eigenvalue weighted by Gasteiger charge is -2.42. The van der Waals surface area contributed by atoms with Gasteiger partial charge in [0.1, 0.15) is 55.4 Å². The molecule has 15 heteroatoms. The quantitative estimate of drug-likeness (QED) is 0.0203. The Kier molecular flexibility index (Phi) is 33.6. The fourth-order valence-electron chi connectivity index (χ4n) is 7.78. The maximum Gasteiger partial charge on any atom is 0.306 e. The van der Waals surface area contributed by atoms with E-state index < -0.39 is 92.7 Å². The summed E-state index contributed by atoms with van der Waals surface area (Å²) in [4.78, 5) is 25.7. The van der Waals surface area contributed by atoms with Gasteiger partial charge in [-0.25, -0.2) is 0 Å². The van der Waals surface area contributed by atoms with Gasteiger partial charge in [-0.15, -0.1) is 0 Å². The standard InChI is InChI=1S/C49H88O15/c1-3-5-7-9-11-13-15-17-18-20-21-23-25-27-29-31-40(51)59-34-37(62-41(52)32-30-28-26-24-22-19-16-14-12-10-8-6-4-2)35-60-48-47(58)45(56)43(54)39(64-48)36-61-49-46(57)44(55)42(53)38(33-50)63-49/h11,13,17-18,37-39,42-50,53-58H,3-10,12,14-16,19-36H2,1-2H3/b13-11-,18-17-/t37-,38-,39-,42+,43+,44+,45+,46-,47-,48-,49+/m1/s1. The highest BCUT2D eigenvalue weighted by Gasteiger charge is 2.47. The summed E-state index contributed by atoms with van der Waals surface area (Å²) in [5.74, 6) is -0.936. The number of ether oxygens (including phenoxy) is 6. The first-order valence-corrected chi connectivity index (χ1v) is 24.9. The van der Waals surface area contributed by atoms with Crippen molar-refractivity contribution >= 4 is 11.9 Å². The van der Waals surface area contributed by atoms with Crippen molar-refractivity contribution in [3.05, 3.63) is 24.3 Å². The molecule has 15 nitrogen and oxygen atoms in total. The molecule has 0 amide bonds. The molecular formula is C49H88O15. The summed E-state index contributed by atoms with van der Waals surface area (Å²) in [7, 11) is 0. The minimum Gasteiger partial charge on any atom is -0.462 e. The van der Waals surface area contributed by atoms with Crippen LogP contribution in [0.15, 0.2) is 24.3 Å². The van der Waals surface area contributed by atoms with Crippen LogP contribution in [0.5, 0.6) is 0 Å². The van der Waals surface area contributed by atoms with Gasteiger partial charge >= 0.3 is 11.9 Å². The molecule has 7 N–H and O–H groups in total. The second-order valence-electron chi connectivity index (χ2n) is 17.6. The van der Waals surface area contributed by atoms with E-state index >= 15 is 0 Å². The third-order valence-electron chi connectivity index (χ3n) is 11.9. The summed E-state index contributed by atoms with van der Waals surface area (Å²) in [6.07, 6.45) is 19.2. The van der Waals surface area contributed by atoms with Crippen LogP contribution in [0, 0.1) is 0 Å². The third-order valence-corrected chi connectivity index (χ3v) is 11.9. The lowest BCUT2D eigenvalue weighted by Crippen LogP contribution is -2.61. The number of carbonyl (C=O) groups excluding carboxylic acids is 2. The average molecular weight is 917 g/mol. The molecular weight excluding hydrogens is 829 g/mol. The largest absolute Gasteiger partial charge is 0.462 e. The Bertz CT molecular complexity index is 1220. The van der Waals surface area contributed by atoms with Crippen molar-refractivity contribution in [2.24, 2.45) is 0 Å². The van der Waals surface area contributed by atoms with Crippen molar-refractivity contribution in [1.82, 2.24) is 0 Å². The lowest BCUT2D eigenvalue weighted by molar-refractivity contribution is -0.332. The Hall–Kier alpha value is -2.02. The Balaban J connectivity index is 1.83. The highest BCUT2D eigenvalue weighted by molar-refractivity contribution is 5.70. The summed E-state index contributed by atoms with van der Waals surface area (Å²) in [6, 6.07) is 0. The molecule has 2 aliphatic rings. The average Bonchev–Trinajstić information content (AvgIpc) is 3.29. The molecule has 2 heterocycles. The van der Waals surface area contributed by atoms with Crippen LogP contribution < -0.4 is 0 Å². The number of rotatable bonds is 38. The van der Waals surface area contributed by atoms with E-state index in [-0.39, 0.29) is 26.1 Å². The first-order chi connectivity index (χ1) is 31.0. The van der Waals surface area contributed by atoms with Crippen LogP contribution in [0.1, 0.15) is 181 Å². The SMILES string of the molecule is CCCCC/C=C\C/C=C\CCCCCCCC(=O)OC[C@H](CO[C@@H]1O[C@H](CO[C@H]2O[C@H](CO)[C@H](O)[C@H](O)[C@H]2O)[C@H](O)[C@H](O)[C@H]1O)OC(=O)CCCCCCCCCCCCCCC. The molecule has 2 rings (SSSR count). The van der Waals surface area contributed by atoms with Crippen LogP contribution in [0.25, 0.3) is 0 Å². The number of aliphatic hydroxyl groups excluding tert-OH is 7. The minimum absolute atomic E-state index is 0.166. The highest BCUT2D eigenvalue weighted by Crippen LogP contribution is 2.26. The molecule has 0 aliphatic carbocycles. The van der Waals surface area contributed by atoms with Crippen molar-refractivity contribution in [3.8, 4) is 0 Å². The zero-order chi connectivity index (χ0) is 46.8. The Labute approximate surface area is 383 Å². The molecule has 0 aromatic heterocycles. The van der Waals surface area contributed by atoms with Gasteiger partial charge in [-0.05, 0) is 44.9 Å². The van der Waals surface area contributed by atoms with E-state index in [0.29, 0.717) is 12.8 Å². The molecule has 2 aliphatic heterocycles. The number of allylic oxidation sites excluding steroid dienone is 4. The van der Waals surface area contributed by atoms with Crippen molar-refractivity contribution in [2.75, 3.05) is 26.4 Å². The van der Waals surface area contributed by atoms with Crippen LogP contribution >= 0.6 is 0 Å². The number of hydrogen-bond acceptors (Lipinski definition) is 15. The van der Waals surface area contributed by atoms with Crippen LogP contribution in [0.4, 0.5) is 0 Å². The molecule has 374 valence electrons. The number of esters is 2. The van der Waals surface area contributed by atoms with Gasteiger partial charge in [0.25, 0.3) is 0 Å². The van der Waals surface area contributed by atoms with Gasteiger partial charge in [0.05, 0.1) is 19.8 Å².